The Kier molecular flexibility index (Phi) is 4.63. The molecule has 6 heteroatoms. The van der Waals surface area contributed by atoms with E-state index in [1.54, 1.807) is 30.6 Å². The standard InChI is InChI=1S/C17H15BrN2O2S/c1-11-3-7-16(23-11)14-5-8-17(21)20(19-14)10-12-9-13(18)4-6-15(12)22-2/h3-9H,10H2,1-2H3. The Morgan fingerprint density at radius 2 is 2.04 bits per heavy atom. The van der Waals surface area contributed by atoms with Gasteiger partial charge in [-0.2, -0.15) is 5.10 Å². The third kappa shape index (κ3) is 3.54. The highest BCUT2D eigenvalue weighted by Gasteiger charge is 2.09. The predicted octanol–water partition coefficient (Wildman–Crippen LogP) is 4.10. The zero-order valence-corrected chi connectivity index (χ0v) is 15.1. The van der Waals surface area contributed by atoms with Crippen molar-refractivity contribution >= 4 is 27.3 Å². The lowest BCUT2D eigenvalue weighted by molar-refractivity contribution is 0.406. The third-order valence-corrected chi connectivity index (χ3v) is 4.94. The Morgan fingerprint density at radius 1 is 1.22 bits per heavy atom. The molecule has 0 bridgehead atoms. The molecule has 3 aromatic rings. The number of hydrogen-bond acceptors (Lipinski definition) is 4. The van der Waals surface area contributed by atoms with Crippen LogP contribution in [0.4, 0.5) is 0 Å². The molecule has 0 spiro atoms. The molecule has 0 aliphatic rings. The first-order valence-corrected chi connectivity index (χ1v) is 8.65. The largest absolute Gasteiger partial charge is 0.496 e. The maximum atomic E-state index is 12.1. The summed E-state index contributed by atoms with van der Waals surface area (Å²) >= 11 is 5.11. The fourth-order valence-electron chi connectivity index (χ4n) is 2.30. The highest BCUT2D eigenvalue weighted by atomic mass is 79.9. The maximum Gasteiger partial charge on any atom is 0.267 e. The summed E-state index contributed by atoms with van der Waals surface area (Å²) in [6, 6.07) is 13.1. The van der Waals surface area contributed by atoms with E-state index >= 15 is 0 Å². The first kappa shape index (κ1) is 16.0. The van der Waals surface area contributed by atoms with Crippen LogP contribution in [-0.4, -0.2) is 16.9 Å². The molecule has 0 aliphatic carbocycles. The van der Waals surface area contributed by atoms with Crippen LogP contribution in [0, 0.1) is 6.92 Å². The Balaban J connectivity index is 2.00. The molecule has 1 aromatic carbocycles. The fourth-order valence-corrected chi connectivity index (χ4v) is 3.54. The van der Waals surface area contributed by atoms with E-state index in [4.69, 9.17) is 4.74 Å². The lowest BCUT2D eigenvalue weighted by atomic mass is 10.2. The van der Waals surface area contributed by atoms with Gasteiger partial charge in [0.1, 0.15) is 11.4 Å². The van der Waals surface area contributed by atoms with Crippen LogP contribution < -0.4 is 10.3 Å². The Labute approximate surface area is 146 Å². The third-order valence-electron chi connectivity index (χ3n) is 3.42. The molecule has 3 rings (SSSR count). The van der Waals surface area contributed by atoms with Gasteiger partial charge in [-0.1, -0.05) is 15.9 Å². The number of aryl methyl sites for hydroxylation is 1. The zero-order chi connectivity index (χ0) is 16.4. The normalized spacial score (nSPS) is 10.7. The van der Waals surface area contributed by atoms with E-state index < -0.39 is 0 Å². The molecule has 0 aliphatic heterocycles. The summed E-state index contributed by atoms with van der Waals surface area (Å²) in [5.74, 6) is 0.735. The van der Waals surface area contributed by atoms with Gasteiger partial charge < -0.3 is 4.74 Å². The molecule has 0 unspecified atom stereocenters. The Hall–Kier alpha value is -1.92. The Morgan fingerprint density at radius 3 is 2.74 bits per heavy atom. The van der Waals surface area contributed by atoms with Crippen molar-refractivity contribution in [3.05, 3.63) is 67.7 Å². The Bertz CT molecular complexity index is 902. The summed E-state index contributed by atoms with van der Waals surface area (Å²) in [6.45, 7) is 2.41. The minimum absolute atomic E-state index is 0.135. The van der Waals surface area contributed by atoms with Crippen LogP contribution in [-0.2, 0) is 6.54 Å². The van der Waals surface area contributed by atoms with Crippen molar-refractivity contribution < 1.29 is 4.74 Å². The van der Waals surface area contributed by atoms with Gasteiger partial charge in [0, 0.05) is 21.0 Å². The van der Waals surface area contributed by atoms with E-state index in [-0.39, 0.29) is 5.56 Å². The van der Waals surface area contributed by atoms with E-state index in [1.807, 2.05) is 24.3 Å². The van der Waals surface area contributed by atoms with Crippen molar-refractivity contribution in [2.75, 3.05) is 7.11 Å². The van der Waals surface area contributed by atoms with Crippen molar-refractivity contribution in [2.24, 2.45) is 0 Å². The quantitative estimate of drug-likeness (QED) is 0.673. The van der Waals surface area contributed by atoms with Gasteiger partial charge in [0.25, 0.3) is 5.56 Å². The van der Waals surface area contributed by atoms with Gasteiger partial charge in [-0.15, -0.1) is 11.3 Å². The summed E-state index contributed by atoms with van der Waals surface area (Å²) in [6.07, 6.45) is 0. The summed E-state index contributed by atoms with van der Waals surface area (Å²) in [5.41, 5.74) is 1.57. The monoisotopic (exact) mass is 390 g/mol. The minimum Gasteiger partial charge on any atom is -0.496 e. The second-order valence-electron chi connectivity index (χ2n) is 5.08. The lowest BCUT2D eigenvalue weighted by Crippen LogP contribution is -2.23. The first-order valence-electron chi connectivity index (χ1n) is 7.04. The molecule has 0 atom stereocenters. The molecular weight excluding hydrogens is 376 g/mol. The number of methoxy groups -OCH3 is 1. The zero-order valence-electron chi connectivity index (χ0n) is 12.7. The van der Waals surface area contributed by atoms with Gasteiger partial charge in [0.2, 0.25) is 0 Å². The van der Waals surface area contributed by atoms with Gasteiger partial charge in [0.15, 0.2) is 0 Å². The van der Waals surface area contributed by atoms with Crippen LogP contribution in [0.25, 0.3) is 10.6 Å². The number of hydrogen-bond donors (Lipinski definition) is 0. The van der Waals surface area contributed by atoms with E-state index in [2.05, 4.69) is 34.0 Å². The minimum atomic E-state index is -0.135. The summed E-state index contributed by atoms with van der Waals surface area (Å²) in [7, 11) is 1.62. The molecule has 0 N–H and O–H groups in total. The van der Waals surface area contributed by atoms with Crippen LogP contribution >= 0.6 is 27.3 Å². The summed E-state index contributed by atoms with van der Waals surface area (Å²) in [4.78, 5) is 14.4. The van der Waals surface area contributed by atoms with Gasteiger partial charge in [0.05, 0.1) is 18.5 Å². The second-order valence-corrected chi connectivity index (χ2v) is 7.28. The van der Waals surface area contributed by atoms with Crippen molar-refractivity contribution in [3.8, 4) is 16.3 Å². The predicted molar refractivity (Wildman–Crippen MR) is 96.3 cm³/mol. The van der Waals surface area contributed by atoms with Crippen LogP contribution in [0.1, 0.15) is 10.4 Å². The number of thiophene rings is 1. The van der Waals surface area contributed by atoms with Crippen LogP contribution in [0.5, 0.6) is 5.75 Å². The summed E-state index contributed by atoms with van der Waals surface area (Å²) in [5, 5.41) is 4.50. The van der Waals surface area contributed by atoms with E-state index in [1.165, 1.54) is 9.56 Å². The number of benzene rings is 1. The van der Waals surface area contributed by atoms with Gasteiger partial charge in [-0.25, -0.2) is 4.68 Å². The lowest BCUT2D eigenvalue weighted by Gasteiger charge is -2.11. The fraction of sp³-hybridized carbons (Fsp3) is 0.176. The van der Waals surface area contributed by atoms with E-state index in [9.17, 15) is 4.79 Å². The molecule has 4 nitrogen and oxygen atoms in total. The highest BCUT2D eigenvalue weighted by Crippen LogP contribution is 2.26. The number of rotatable bonds is 4. The first-order chi connectivity index (χ1) is 11.1. The van der Waals surface area contributed by atoms with Gasteiger partial charge >= 0.3 is 0 Å². The van der Waals surface area contributed by atoms with Crippen LogP contribution in [0.3, 0.4) is 0 Å². The molecule has 2 heterocycles. The van der Waals surface area contributed by atoms with Gasteiger partial charge in [-0.3, -0.25) is 4.79 Å². The molecule has 118 valence electrons. The molecule has 0 fully saturated rings. The van der Waals surface area contributed by atoms with Crippen molar-refractivity contribution in [3.63, 3.8) is 0 Å². The number of nitrogens with zero attached hydrogens (tertiary/aromatic N) is 2. The molecule has 0 radical (unpaired) electrons. The molecule has 23 heavy (non-hydrogen) atoms. The highest BCUT2D eigenvalue weighted by molar-refractivity contribution is 9.10. The topological polar surface area (TPSA) is 44.1 Å². The van der Waals surface area contributed by atoms with E-state index in [0.29, 0.717) is 6.54 Å². The molecule has 0 saturated heterocycles. The van der Waals surface area contributed by atoms with Crippen molar-refractivity contribution in [1.29, 1.82) is 0 Å². The molecule has 0 amide bonds. The van der Waals surface area contributed by atoms with Crippen LogP contribution in [0.15, 0.2) is 51.7 Å². The van der Waals surface area contributed by atoms with Gasteiger partial charge in [-0.05, 0) is 43.3 Å². The van der Waals surface area contributed by atoms with Crippen molar-refractivity contribution in [1.82, 2.24) is 9.78 Å². The number of halogens is 1. The molecule has 0 saturated carbocycles. The molecular formula is C17H15BrN2O2S. The second kappa shape index (κ2) is 6.68. The van der Waals surface area contributed by atoms with Crippen LogP contribution in [0.2, 0.25) is 0 Å². The van der Waals surface area contributed by atoms with Crippen molar-refractivity contribution in [2.45, 2.75) is 13.5 Å². The average Bonchev–Trinajstić information content (AvgIpc) is 2.96. The average molecular weight is 391 g/mol. The number of aromatic nitrogens is 2. The SMILES string of the molecule is COc1ccc(Br)cc1Cn1nc(-c2ccc(C)s2)ccc1=O. The maximum absolute atomic E-state index is 12.1. The number of ether oxygens (including phenoxy) is 1. The smallest absolute Gasteiger partial charge is 0.267 e. The summed E-state index contributed by atoms with van der Waals surface area (Å²) < 4.78 is 7.77. The molecule has 2 aromatic heterocycles. The van der Waals surface area contributed by atoms with E-state index in [0.717, 1.165) is 26.4 Å².